The molecule has 0 bridgehead atoms. The summed E-state index contributed by atoms with van der Waals surface area (Å²) in [4.78, 5) is 19.1. The SMILES string of the molecule is CCCc1sc(=NC(=O)c2ccc(Cl)cc2)n(CC)c1-c1ccc(C)cc1. The van der Waals surface area contributed by atoms with Gasteiger partial charge in [-0.1, -0.05) is 54.8 Å². The van der Waals surface area contributed by atoms with Gasteiger partial charge in [0.15, 0.2) is 4.80 Å². The second kappa shape index (κ2) is 8.68. The molecule has 3 aromatic rings. The third kappa shape index (κ3) is 4.40. The molecule has 5 heteroatoms. The standard InChI is InChI=1S/C22H23ClN2OS/c1-4-6-19-20(16-9-7-15(3)8-10-16)25(5-2)22(27-19)24-21(26)17-11-13-18(23)14-12-17/h7-14H,4-6H2,1-3H3. The van der Waals surface area contributed by atoms with Crippen LogP contribution in [-0.4, -0.2) is 10.5 Å². The minimum atomic E-state index is -0.242. The Morgan fingerprint density at radius 1 is 1.07 bits per heavy atom. The van der Waals surface area contributed by atoms with Crippen LogP contribution in [0.1, 0.15) is 41.1 Å². The first-order chi connectivity index (χ1) is 13.0. The summed E-state index contributed by atoms with van der Waals surface area (Å²) in [5, 5.41) is 0.609. The molecule has 2 aromatic carbocycles. The minimum absolute atomic E-state index is 0.242. The van der Waals surface area contributed by atoms with E-state index in [0.29, 0.717) is 10.6 Å². The van der Waals surface area contributed by atoms with Gasteiger partial charge in [-0.05, 0) is 50.1 Å². The van der Waals surface area contributed by atoms with E-state index in [-0.39, 0.29) is 5.91 Å². The Morgan fingerprint density at radius 2 is 1.74 bits per heavy atom. The highest BCUT2D eigenvalue weighted by atomic mass is 35.5. The molecular formula is C22H23ClN2OS. The Kier molecular flexibility index (Phi) is 6.30. The van der Waals surface area contributed by atoms with Crippen molar-refractivity contribution < 1.29 is 4.79 Å². The number of hydrogen-bond acceptors (Lipinski definition) is 2. The summed E-state index contributed by atoms with van der Waals surface area (Å²) >= 11 is 7.53. The second-order valence-corrected chi connectivity index (χ2v) is 7.94. The van der Waals surface area contributed by atoms with Crippen LogP contribution >= 0.6 is 22.9 Å². The summed E-state index contributed by atoms with van der Waals surface area (Å²) in [6, 6.07) is 15.4. The molecule has 0 aliphatic rings. The first-order valence-corrected chi connectivity index (χ1v) is 10.4. The summed E-state index contributed by atoms with van der Waals surface area (Å²) in [7, 11) is 0. The number of carbonyl (C=O) groups is 1. The molecule has 1 aromatic heterocycles. The van der Waals surface area contributed by atoms with Gasteiger partial charge in [0, 0.05) is 22.0 Å². The van der Waals surface area contributed by atoms with Crippen molar-refractivity contribution in [3.05, 3.63) is 74.4 Å². The molecule has 1 heterocycles. The van der Waals surface area contributed by atoms with Crippen molar-refractivity contribution in [2.24, 2.45) is 4.99 Å². The predicted octanol–water partition coefficient (Wildman–Crippen LogP) is 5.89. The van der Waals surface area contributed by atoms with Crippen LogP contribution in [0.3, 0.4) is 0 Å². The molecule has 0 aliphatic carbocycles. The number of hydrogen-bond donors (Lipinski definition) is 0. The maximum atomic E-state index is 12.6. The minimum Gasteiger partial charge on any atom is -0.316 e. The highest BCUT2D eigenvalue weighted by Crippen LogP contribution is 2.27. The summed E-state index contributed by atoms with van der Waals surface area (Å²) in [5.74, 6) is -0.242. The summed E-state index contributed by atoms with van der Waals surface area (Å²) in [6.45, 7) is 7.11. The molecule has 1 amide bonds. The molecule has 27 heavy (non-hydrogen) atoms. The lowest BCUT2D eigenvalue weighted by Gasteiger charge is -2.09. The molecule has 0 saturated heterocycles. The summed E-state index contributed by atoms with van der Waals surface area (Å²) in [5.41, 5.74) is 4.12. The highest BCUT2D eigenvalue weighted by Gasteiger charge is 2.15. The average molecular weight is 399 g/mol. The van der Waals surface area contributed by atoms with Gasteiger partial charge in [0.2, 0.25) is 0 Å². The summed E-state index contributed by atoms with van der Waals surface area (Å²) < 4.78 is 2.15. The zero-order chi connectivity index (χ0) is 19.4. The Bertz CT molecular complexity index is 998. The molecule has 0 radical (unpaired) electrons. The first kappa shape index (κ1) is 19.6. The van der Waals surface area contributed by atoms with Crippen LogP contribution in [0.5, 0.6) is 0 Å². The largest absolute Gasteiger partial charge is 0.316 e. The molecule has 0 N–H and O–H groups in total. The van der Waals surface area contributed by atoms with E-state index in [1.165, 1.54) is 21.7 Å². The van der Waals surface area contributed by atoms with Crippen molar-refractivity contribution >= 4 is 28.8 Å². The van der Waals surface area contributed by atoms with Crippen LogP contribution in [-0.2, 0) is 13.0 Å². The van der Waals surface area contributed by atoms with Crippen LogP contribution in [0, 0.1) is 6.92 Å². The van der Waals surface area contributed by atoms with Crippen LogP contribution in [0.15, 0.2) is 53.5 Å². The van der Waals surface area contributed by atoms with Crippen molar-refractivity contribution in [1.29, 1.82) is 0 Å². The van der Waals surface area contributed by atoms with Crippen LogP contribution in [0.4, 0.5) is 0 Å². The molecule has 0 atom stereocenters. The third-order valence-electron chi connectivity index (χ3n) is 4.39. The van der Waals surface area contributed by atoms with Crippen LogP contribution in [0.25, 0.3) is 11.3 Å². The quantitative estimate of drug-likeness (QED) is 0.527. The average Bonchev–Trinajstić information content (AvgIpc) is 3.00. The Morgan fingerprint density at radius 3 is 2.33 bits per heavy atom. The van der Waals surface area contributed by atoms with Gasteiger partial charge in [0.05, 0.1) is 5.69 Å². The number of nitrogens with zero attached hydrogens (tertiary/aromatic N) is 2. The van der Waals surface area contributed by atoms with Gasteiger partial charge in [-0.25, -0.2) is 0 Å². The maximum absolute atomic E-state index is 12.6. The Balaban J connectivity index is 2.13. The number of carbonyl (C=O) groups excluding carboxylic acids is 1. The lowest BCUT2D eigenvalue weighted by molar-refractivity contribution is 0.0998. The van der Waals surface area contributed by atoms with E-state index in [4.69, 9.17) is 11.6 Å². The first-order valence-electron chi connectivity index (χ1n) is 9.17. The van der Waals surface area contributed by atoms with E-state index in [0.717, 1.165) is 24.2 Å². The molecule has 0 unspecified atom stereocenters. The molecule has 0 aliphatic heterocycles. The van der Waals surface area contributed by atoms with Gasteiger partial charge >= 0.3 is 0 Å². The van der Waals surface area contributed by atoms with Crippen LogP contribution in [0.2, 0.25) is 5.02 Å². The number of rotatable bonds is 5. The van der Waals surface area contributed by atoms with Crippen LogP contribution < -0.4 is 4.80 Å². The summed E-state index contributed by atoms with van der Waals surface area (Å²) in [6.07, 6.45) is 2.02. The monoisotopic (exact) mass is 398 g/mol. The van der Waals surface area contributed by atoms with Crippen molar-refractivity contribution in [3.63, 3.8) is 0 Å². The van der Waals surface area contributed by atoms with Gasteiger partial charge in [-0.2, -0.15) is 4.99 Å². The molecule has 0 saturated carbocycles. The fourth-order valence-corrected chi connectivity index (χ4v) is 4.44. The van der Waals surface area contributed by atoms with Gasteiger partial charge < -0.3 is 4.57 Å². The number of benzene rings is 2. The van der Waals surface area contributed by atoms with Crippen molar-refractivity contribution in [3.8, 4) is 11.3 Å². The molecule has 0 fully saturated rings. The van der Waals surface area contributed by atoms with Crippen molar-refractivity contribution in [2.45, 2.75) is 40.2 Å². The molecular weight excluding hydrogens is 376 g/mol. The van der Waals surface area contributed by atoms with Gasteiger partial charge in [0.25, 0.3) is 5.91 Å². The van der Waals surface area contributed by atoms with E-state index < -0.39 is 0 Å². The van der Waals surface area contributed by atoms with Gasteiger partial charge in [0.1, 0.15) is 0 Å². The molecule has 3 nitrogen and oxygen atoms in total. The number of amides is 1. The lowest BCUT2D eigenvalue weighted by Crippen LogP contribution is -2.17. The molecule has 140 valence electrons. The van der Waals surface area contributed by atoms with E-state index in [1.807, 2.05) is 0 Å². The number of aryl methyl sites for hydroxylation is 2. The number of halogens is 1. The fraction of sp³-hybridized carbons (Fsp3) is 0.273. The number of aromatic nitrogens is 1. The third-order valence-corrected chi connectivity index (χ3v) is 5.78. The Hall–Kier alpha value is -2.17. The van der Waals surface area contributed by atoms with E-state index >= 15 is 0 Å². The lowest BCUT2D eigenvalue weighted by atomic mass is 10.1. The van der Waals surface area contributed by atoms with E-state index in [1.54, 1.807) is 35.6 Å². The second-order valence-electron chi connectivity index (χ2n) is 6.44. The Labute approximate surface area is 169 Å². The predicted molar refractivity (Wildman–Crippen MR) is 113 cm³/mol. The smallest absolute Gasteiger partial charge is 0.279 e. The topological polar surface area (TPSA) is 34.4 Å². The number of thiazole rings is 1. The fourth-order valence-electron chi connectivity index (χ4n) is 3.00. The normalized spacial score (nSPS) is 11.8. The zero-order valence-corrected chi connectivity index (χ0v) is 17.4. The van der Waals surface area contributed by atoms with Crippen molar-refractivity contribution in [2.75, 3.05) is 0 Å². The molecule has 0 spiro atoms. The zero-order valence-electron chi connectivity index (χ0n) is 15.8. The van der Waals surface area contributed by atoms with E-state index in [9.17, 15) is 4.79 Å². The van der Waals surface area contributed by atoms with Crippen molar-refractivity contribution in [1.82, 2.24) is 4.57 Å². The van der Waals surface area contributed by atoms with Gasteiger partial charge in [-0.15, -0.1) is 11.3 Å². The molecule has 3 rings (SSSR count). The van der Waals surface area contributed by atoms with E-state index in [2.05, 4.69) is 54.6 Å². The highest BCUT2D eigenvalue weighted by molar-refractivity contribution is 7.09. The maximum Gasteiger partial charge on any atom is 0.279 e. The van der Waals surface area contributed by atoms with Gasteiger partial charge in [-0.3, -0.25) is 4.79 Å².